The van der Waals surface area contributed by atoms with Gasteiger partial charge in [-0.05, 0) is 124 Å². The van der Waals surface area contributed by atoms with Crippen molar-refractivity contribution in [3.8, 4) is 11.1 Å². The highest BCUT2D eigenvalue weighted by Gasteiger charge is 2.75. The van der Waals surface area contributed by atoms with E-state index in [0.717, 1.165) is 12.1 Å². The first-order valence-electron chi connectivity index (χ1n) is 6.45. The number of hydrogen-bond acceptors (Lipinski definition) is 0. The van der Waals surface area contributed by atoms with Crippen LogP contribution in [0.1, 0.15) is 11.1 Å². The van der Waals surface area contributed by atoms with E-state index in [2.05, 4.69) is 31.9 Å². The van der Waals surface area contributed by atoms with E-state index in [1.807, 2.05) is 0 Å². The number of hydrogen-bond donors (Lipinski definition) is 0. The molecule has 0 atom stereocenters. The van der Waals surface area contributed by atoms with Gasteiger partial charge in [0.25, 0.3) is 0 Å². The fourth-order valence-corrected chi connectivity index (χ4v) is 4.70. The fraction of sp³-hybridized carbons (Fsp3) is 0.200. The Morgan fingerprint density at radius 3 is 1.28 bits per heavy atom. The van der Waals surface area contributed by atoms with Gasteiger partial charge in [-0.25, -0.2) is 0 Å². The minimum absolute atomic E-state index is 0.0750. The van der Waals surface area contributed by atoms with Gasteiger partial charge in [-0.2, -0.15) is 26.3 Å². The molecule has 0 radical (unpaired) electrons. The van der Waals surface area contributed by atoms with E-state index in [-0.39, 0.29) is 18.3 Å². The fourth-order valence-electron chi connectivity index (χ4n) is 3.08. The second kappa shape index (κ2) is 6.23. The molecule has 0 aliphatic heterocycles. The van der Waals surface area contributed by atoms with E-state index in [9.17, 15) is 26.3 Å². The molecule has 0 saturated carbocycles. The SMILES string of the molecule is FC(F)(F)C1(C(F)(F)F)c2cc(I)c(Br)cc2-c2cc(Br)c(I)cc21. The molecular formula is C15H4Br2F6I2. The molecule has 0 spiro atoms. The van der Waals surface area contributed by atoms with E-state index in [4.69, 9.17) is 0 Å². The highest BCUT2D eigenvalue weighted by molar-refractivity contribution is 14.1. The van der Waals surface area contributed by atoms with Crippen molar-refractivity contribution >= 4 is 77.0 Å². The van der Waals surface area contributed by atoms with Crippen LogP contribution in [-0.2, 0) is 5.41 Å². The zero-order valence-corrected chi connectivity index (χ0v) is 19.1. The first-order chi connectivity index (χ1) is 11.3. The third-order valence-corrected chi connectivity index (χ3v) is 8.65. The third kappa shape index (κ3) is 2.79. The molecule has 10 heteroatoms. The smallest absolute Gasteiger partial charge is 0.169 e. The van der Waals surface area contributed by atoms with Crippen molar-refractivity contribution in [1.82, 2.24) is 0 Å². The average Bonchev–Trinajstić information content (AvgIpc) is 2.69. The quantitative estimate of drug-likeness (QED) is 0.193. The van der Waals surface area contributed by atoms with Crippen molar-refractivity contribution in [2.24, 2.45) is 0 Å². The van der Waals surface area contributed by atoms with Crippen molar-refractivity contribution in [2.45, 2.75) is 17.8 Å². The Morgan fingerprint density at radius 2 is 1.00 bits per heavy atom. The van der Waals surface area contributed by atoms with Crippen LogP contribution in [0.4, 0.5) is 26.3 Å². The minimum atomic E-state index is -5.54. The summed E-state index contributed by atoms with van der Waals surface area (Å²) in [5.41, 5.74) is -5.78. The highest BCUT2D eigenvalue weighted by Crippen LogP contribution is 2.64. The molecular weight excluding hydrogens is 708 g/mol. The maximum absolute atomic E-state index is 14.0. The Kier molecular flexibility index (Phi) is 5.03. The van der Waals surface area contributed by atoms with Crippen LogP contribution in [0.25, 0.3) is 11.1 Å². The number of fused-ring (bicyclic) bond motifs is 3. The molecule has 1 aliphatic carbocycles. The average molecular weight is 712 g/mol. The van der Waals surface area contributed by atoms with Gasteiger partial charge in [0.15, 0.2) is 0 Å². The topological polar surface area (TPSA) is 0 Å². The highest BCUT2D eigenvalue weighted by atomic mass is 127. The van der Waals surface area contributed by atoms with Gasteiger partial charge < -0.3 is 0 Å². The second-order valence-electron chi connectivity index (χ2n) is 5.37. The van der Waals surface area contributed by atoms with Crippen LogP contribution in [0.2, 0.25) is 0 Å². The lowest BCUT2D eigenvalue weighted by atomic mass is 9.76. The number of alkyl halides is 6. The summed E-state index contributed by atoms with van der Waals surface area (Å²) in [7, 11) is 0. The van der Waals surface area contributed by atoms with Crippen LogP contribution in [0, 0.1) is 7.14 Å². The van der Waals surface area contributed by atoms with Gasteiger partial charge in [0.05, 0.1) is 0 Å². The molecule has 0 N–H and O–H groups in total. The van der Waals surface area contributed by atoms with E-state index < -0.39 is 28.9 Å². The van der Waals surface area contributed by atoms with Crippen LogP contribution in [0.15, 0.2) is 33.2 Å². The molecule has 0 bridgehead atoms. The van der Waals surface area contributed by atoms with E-state index in [1.165, 1.54) is 12.1 Å². The third-order valence-electron chi connectivity index (χ3n) is 4.07. The second-order valence-corrected chi connectivity index (χ2v) is 9.40. The van der Waals surface area contributed by atoms with Gasteiger partial charge >= 0.3 is 12.4 Å². The van der Waals surface area contributed by atoms with Crippen molar-refractivity contribution < 1.29 is 26.3 Å². The summed E-state index contributed by atoms with van der Waals surface area (Å²) < 4.78 is 85.3. The molecule has 25 heavy (non-hydrogen) atoms. The monoisotopic (exact) mass is 710 g/mol. The Balaban J connectivity index is 2.58. The molecule has 0 aromatic heterocycles. The van der Waals surface area contributed by atoms with Crippen LogP contribution in [-0.4, -0.2) is 12.4 Å². The van der Waals surface area contributed by atoms with Gasteiger partial charge in [-0.15, -0.1) is 0 Å². The Morgan fingerprint density at radius 1 is 0.680 bits per heavy atom. The molecule has 0 saturated heterocycles. The number of benzene rings is 2. The molecule has 0 amide bonds. The minimum Gasteiger partial charge on any atom is -0.169 e. The van der Waals surface area contributed by atoms with Gasteiger partial charge in [-0.3, -0.25) is 0 Å². The van der Waals surface area contributed by atoms with Crippen molar-refractivity contribution in [3.05, 3.63) is 51.5 Å². The molecule has 134 valence electrons. The summed E-state index contributed by atoms with van der Waals surface area (Å²) in [4.78, 5) is 0. The number of rotatable bonds is 0. The molecule has 3 rings (SSSR count). The van der Waals surface area contributed by atoms with Gasteiger partial charge in [-0.1, -0.05) is 0 Å². The zero-order valence-electron chi connectivity index (χ0n) is 11.6. The predicted octanol–water partition coefficient (Wildman–Crippen LogP) is 7.81. The maximum atomic E-state index is 14.0. The van der Waals surface area contributed by atoms with Gasteiger partial charge in [0.2, 0.25) is 5.41 Å². The summed E-state index contributed by atoms with van der Waals surface area (Å²) in [6.45, 7) is 0. The normalized spacial score (nSPS) is 15.9. The molecule has 1 aliphatic rings. The lowest BCUT2D eigenvalue weighted by molar-refractivity contribution is -0.287. The molecule has 0 unspecified atom stereocenters. The standard InChI is InChI=1S/C15H4Br2F6I2/c16-9-1-5-6-2-10(17)12(25)4-8(6)13(14(18,19)20,15(21,22)23)7(5)3-11(9)24/h1-4H. The summed E-state index contributed by atoms with van der Waals surface area (Å²) in [5.74, 6) is 0. The Labute approximate surface area is 182 Å². The van der Waals surface area contributed by atoms with Crippen LogP contribution in [0.5, 0.6) is 0 Å². The first-order valence-corrected chi connectivity index (χ1v) is 10.2. The van der Waals surface area contributed by atoms with E-state index in [0.29, 0.717) is 8.95 Å². The summed E-state index contributed by atoms with van der Waals surface area (Å²) >= 11 is 9.80. The van der Waals surface area contributed by atoms with Crippen LogP contribution < -0.4 is 0 Å². The van der Waals surface area contributed by atoms with Crippen LogP contribution in [0.3, 0.4) is 0 Å². The molecule has 0 heterocycles. The largest absolute Gasteiger partial charge is 0.411 e. The molecule has 0 fully saturated rings. The summed E-state index contributed by atoms with van der Waals surface area (Å²) in [6.07, 6.45) is -11.1. The lowest BCUT2D eigenvalue weighted by Crippen LogP contribution is -2.53. The first kappa shape index (κ1) is 20.2. The van der Waals surface area contributed by atoms with Gasteiger partial charge in [0, 0.05) is 16.1 Å². The summed E-state index contributed by atoms with van der Waals surface area (Å²) in [6, 6.07) is 4.55. The van der Waals surface area contributed by atoms with E-state index in [1.54, 1.807) is 45.2 Å². The van der Waals surface area contributed by atoms with Crippen molar-refractivity contribution in [2.75, 3.05) is 0 Å². The van der Waals surface area contributed by atoms with E-state index >= 15 is 0 Å². The Bertz CT molecular complexity index is 816. The summed E-state index contributed by atoms with van der Waals surface area (Å²) in [5, 5.41) is 0. The van der Waals surface area contributed by atoms with Crippen molar-refractivity contribution in [3.63, 3.8) is 0 Å². The van der Waals surface area contributed by atoms with Crippen molar-refractivity contribution in [1.29, 1.82) is 0 Å². The zero-order chi connectivity index (χ0) is 18.9. The maximum Gasteiger partial charge on any atom is 0.411 e. The molecule has 2 aromatic rings. The molecule has 0 nitrogen and oxygen atoms in total. The van der Waals surface area contributed by atoms with Crippen LogP contribution >= 0.6 is 77.0 Å². The van der Waals surface area contributed by atoms with Gasteiger partial charge in [0.1, 0.15) is 0 Å². The molecule has 2 aromatic carbocycles. The predicted molar refractivity (Wildman–Crippen MR) is 106 cm³/mol. The lowest BCUT2D eigenvalue weighted by Gasteiger charge is -2.36. The Hall–Kier alpha value is 0.440. The number of halogens is 10.